The first-order valence-electron chi connectivity index (χ1n) is 11.1. The molecule has 170 valence electrons. The molecule has 2 aliphatic rings. The third-order valence-electron chi connectivity index (χ3n) is 6.23. The lowest BCUT2D eigenvalue weighted by Crippen LogP contribution is -2.48. The molecule has 3 heterocycles. The van der Waals surface area contributed by atoms with E-state index in [-0.39, 0.29) is 6.04 Å². The van der Waals surface area contributed by atoms with Gasteiger partial charge in [0.1, 0.15) is 5.75 Å². The van der Waals surface area contributed by atoms with Crippen LogP contribution in [0.5, 0.6) is 11.8 Å². The number of fused-ring (bicyclic) bond motifs is 2. The number of ether oxygens (including phenoxy) is 1. The standard InChI is InChI=1S/C22H28ClN7O2/c1-12(2)30-22(31-18-8-13(3)7-17(23)9-18)26-20(27-30)25-19-15-5-6-16(19)11-29(10-15)21-24-14(4)28-32-21/h7-9,12,15-16,19H,5-6,10-11H2,1-4H3,(H,25,27)/t15-,16+,19+. The number of hydrogen-bond acceptors (Lipinski definition) is 8. The van der Waals surface area contributed by atoms with Crippen LogP contribution >= 0.6 is 11.6 Å². The number of aryl methyl sites for hydroxylation is 2. The molecule has 9 nitrogen and oxygen atoms in total. The first kappa shape index (κ1) is 21.1. The molecule has 2 fully saturated rings. The third-order valence-corrected chi connectivity index (χ3v) is 6.45. The SMILES string of the molecule is Cc1cc(Cl)cc(Oc2nc(N[C@H]3[C@@H]4CC[C@H]3CN(c3nc(C)no3)C4)nn2C(C)C)c1. The molecule has 0 amide bonds. The van der Waals surface area contributed by atoms with Crippen molar-refractivity contribution in [2.45, 2.75) is 52.6 Å². The number of nitrogens with zero attached hydrogens (tertiary/aromatic N) is 6. The molecule has 3 aromatic rings. The zero-order valence-electron chi connectivity index (χ0n) is 18.7. The third kappa shape index (κ3) is 4.13. The second-order valence-electron chi connectivity index (χ2n) is 9.12. The van der Waals surface area contributed by atoms with E-state index in [9.17, 15) is 0 Å². The van der Waals surface area contributed by atoms with Crippen molar-refractivity contribution in [2.75, 3.05) is 23.3 Å². The Bertz CT molecular complexity index is 1080. The zero-order chi connectivity index (χ0) is 22.4. The van der Waals surface area contributed by atoms with E-state index in [4.69, 9.17) is 26.0 Å². The van der Waals surface area contributed by atoms with Gasteiger partial charge in [-0.3, -0.25) is 0 Å². The van der Waals surface area contributed by atoms with Crippen LogP contribution in [0.25, 0.3) is 0 Å². The second-order valence-corrected chi connectivity index (χ2v) is 9.56. The highest BCUT2D eigenvalue weighted by molar-refractivity contribution is 6.30. The minimum atomic E-state index is 0.104. The van der Waals surface area contributed by atoms with Crippen molar-refractivity contribution in [3.8, 4) is 11.8 Å². The van der Waals surface area contributed by atoms with Crippen LogP contribution in [0.3, 0.4) is 0 Å². The molecule has 32 heavy (non-hydrogen) atoms. The van der Waals surface area contributed by atoms with E-state index in [2.05, 4.69) is 39.2 Å². The number of anilines is 2. The van der Waals surface area contributed by atoms with Gasteiger partial charge < -0.3 is 19.5 Å². The fraction of sp³-hybridized carbons (Fsp3) is 0.545. The summed E-state index contributed by atoms with van der Waals surface area (Å²) < 4.78 is 13.3. The van der Waals surface area contributed by atoms with Crippen molar-refractivity contribution in [3.05, 3.63) is 34.6 Å². The number of rotatable bonds is 6. The van der Waals surface area contributed by atoms with E-state index in [1.165, 1.54) is 0 Å². The molecular weight excluding hydrogens is 430 g/mol. The molecule has 1 saturated heterocycles. The van der Waals surface area contributed by atoms with Gasteiger partial charge in [0.15, 0.2) is 5.82 Å². The molecule has 3 atom stereocenters. The van der Waals surface area contributed by atoms with E-state index in [1.807, 2.05) is 26.0 Å². The summed E-state index contributed by atoms with van der Waals surface area (Å²) in [5.41, 5.74) is 1.03. The summed E-state index contributed by atoms with van der Waals surface area (Å²) in [7, 11) is 0. The van der Waals surface area contributed by atoms with E-state index >= 15 is 0 Å². The maximum absolute atomic E-state index is 6.19. The summed E-state index contributed by atoms with van der Waals surface area (Å²) in [6, 6.07) is 7.10. The molecule has 2 bridgehead atoms. The molecular formula is C22H28ClN7O2. The van der Waals surface area contributed by atoms with Crippen molar-refractivity contribution in [2.24, 2.45) is 11.8 Å². The van der Waals surface area contributed by atoms with Gasteiger partial charge in [-0.1, -0.05) is 16.8 Å². The average Bonchev–Trinajstić information content (AvgIpc) is 3.38. The second kappa shape index (κ2) is 8.27. The normalized spacial score (nSPS) is 22.6. The summed E-state index contributed by atoms with van der Waals surface area (Å²) in [6.45, 7) is 9.71. The van der Waals surface area contributed by atoms with E-state index in [0.717, 1.165) is 31.5 Å². The maximum atomic E-state index is 6.19. The van der Waals surface area contributed by atoms with Crippen molar-refractivity contribution >= 4 is 23.6 Å². The van der Waals surface area contributed by atoms with Gasteiger partial charge >= 0.3 is 12.0 Å². The number of nitrogens with one attached hydrogen (secondary N) is 1. The number of aromatic nitrogens is 5. The van der Waals surface area contributed by atoms with Crippen LogP contribution < -0.4 is 15.0 Å². The fourth-order valence-corrected chi connectivity index (χ4v) is 5.10. The molecule has 1 N–H and O–H groups in total. The molecule has 10 heteroatoms. The average molecular weight is 458 g/mol. The number of piperidine rings is 1. The molecule has 5 rings (SSSR count). The Labute approximate surface area is 192 Å². The van der Waals surface area contributed by atoms with E-state index in [0.29, 0.717) is 52.4 Å². The first-order chi connectivity index (χ1) is 15.4. The van der Waals surface area contributed by atoms with Gasteiger partial charge in [-0.2, -0.15) is 9.97 Å². The molecule has 0 radical (unpaired) electrons. The Morgan fingerprint density at radius 2 is 1.88 bits per heavy atom. The molecule has 1 aliphatic heterocycles. The van der Waals surface area contributed by atoms with Crippen molar-refractivity contribution in [3.63, 3.8) is 0 Å². The van der Waals surface area contributed by atoms with Gasteiger partial charge in [0, 0.05) is 24.2 Å². The topological polar surface area (TPSA) is 94.1 Å². The maximum Gasteiger partial charge on any atom is 0.324 e. The highest BCUT2D eigenvalue weighted by Crippen LogP contribution is 2.40. The molecule has 1 aliphatic carbocycles. The van der Waals surface area contributed by atoms with Crippen molar-refractivity contribution in [1.82, 2.24) is 24.9 Å². The predicted octanol–water partition coefficient (Wildman–Crippen LogP) is 4.63. The largest absolute Gasteiger partial charge is 0.424 e. The van der Waals surface area contributed by atoms with Crippen LogP contribution in [-0.4, -0.2) is 44.0 Å². The Hall–Kier alpha value is -2.81. The Kier molecular flexibility index (Phi) is 5.44. The number of benzene rings is 1. The van der Waals surface area contributed by atoms with E-state index < -0.39 is 0 Å². The molecule has 1 saturated carbocycles. The van der Waals surface area contributed by atoms with E-state index in [1.54, 1.807) is 10.7 Å². The van der Waals surface area contributed by atoms with Crippen LogP contribution in [0.1, 0.15) is 44.1 Å². The van der Waals surface area contributed by atoms with Crippen LogP contribution in [0, 0.1) is 25.7 Å². The zero-order valence-corrected chi connectivity index (χ0v) is 19.5. The summed E-state index contributed by atoms with van der Waals surface area (Å²) in [4.78, 5) is 11.3. The highest BCUT2D eigenvalue weighted by atomic mass is 35.5. The summed E-state index contributed by atoms with van der Waals surface area (Å²) >= 11 is 6.19. The minimum absolute atomic E-state index is 0.104. The quantitative estimate of drug-likeness (QED) is 0.572. The van der Waals surface area contributed by atoms with Gasteiger partial charge in [-0.15, -0.1) is 5.10 Å². The van der Waals surface area contributed by atoms with Crippen LogP contribution in [0.4, 0.5) is 12.0 Å². The van der Waals surface area contributed by atoms with Gasteiger partial charge in [-0.25, -0.2) is 4.68 Å². The monoisotopic (exact) mass is 457 g/mol. The molecule has 1 aromatic carbocycles. The fourth-order valence-electron chi connectivity index (χ4n) is 4.82. The van der Waals surface area contributed by atoms with Gasteiger partial charge in [0.2, 0.25) is 5.95 Å². The Balaban J connectivity index is 1.33. The highest BCUT2D eigenvalue weighted by Gasteiger charge is 2.43. The smallest absolute Gasteiger partial charge is 0.324 e. The van der Waals surface area contributed by atoms with Crippen molar-refractivity contribution in [1.29, 1.82) is 0 Å². The van der Waals surface area contributed by atoms with Gasteiger partial charge in [0.05, 0.1) is 6.04 Å². The summed E-state index contributed by atoms with van der Waals surface area (Å²) in [5.74, 6) is 2.84. The molecule has 0 spiro atoms. The van der Waals surface area contributed by atoms with Crippen LogP contribution in [0.2, 0.25) is 5.02 Å². The van der Waals surface area contributed by atoms with Crippen LogP contribution in [0.15, 0.2) is 22.7 Å². The first-order valence-corrected chi connectivity index (χ1v) is 11.5. The summed E-state index contributed by atoms with van der Waals surface area (Å²) in [6.07, 6.45) is 2.31. The predicted molar refractivity (Wildman–Crippen MR) is 122 cm³/mol. The van der Waals surface area contributed by atoms with Crippen molar-refractivity contribution < 1.29 is 9.26 Å². The minimum Gasteiger partial charge on any atom is -0.424 e. The lowest BCUT2D eigenvalue weighted by molar-refractivity contribution is 0.340. The van der Waals surface area contributed by atoms with Gasteiger partial charge in [0.25, 0.3) is 0 Å². The molecule has 2 aromatic heterocycles. The lowest BCUT2D eigenvalue weighted by Gasteiger charge is -2.37. The number of halogens is 1. The Morgan fingerprint density at radius 1 is 1.12 bits per heavy atom. The number of hydrogen-bond donors (Lipinski definition) is 1. The lowest BCUT2D eigenvalue weighted by atomic mass is 9.92. The molecule has 0 unspecified atom stereocenters. The van der Waals surface area contributed by atoms with Crippen LogP contribution in [-0.2, 0) is 0 Å². The Morgan fingerprint density at radius 3 is 2.50 bits per heavy atom. The van der Waals surface area contributed by atoms with Gasteiger partial charge in [-0.05, 0) is 76.1 Å². The summed E-state index contributed by atoms with van der Waals surface area (Å²) in [5, 5.41) is 12.9.